The summed E-state index contributed by atoms with van der Waals surface area (Å²) < 4.78 is 13.7. The molecule has 0 saturated heterocycles. The summed E-state index contributed by atoms with van der Waals surface area (Å²) in [5.41, 5.74) is 3.20. The van der Waals surface area contributed by atoms with Crippen molar-refractivity contribution in [2.75, 3.05) is 19.6 Å². The second kappa shape index (κ2) is 11.2. The number of halogens is 1. The molecule has 0 fully saturated rings. The largest absolute Gasteiger partial charge is 0.357 e. The van der Waals surface area contributed by atoms with Gasteiger partial charge in [0, 0.05) is 31.7 Å². The predicted octanol–water partition coefficient (Wildman–Crippen LogP) is 3.87. The van der Waals surface area contributed by atoms with Gasteiger partial charge >= 0.3 is 0 Å². The second-order valence-electron chi connectivity index (χ2n) is 6.81. The Morgan fingerprint density at radius 1 is 1.00 bits per heavy atom. The number of nitrogens with zero attached hydrogens (tertiary/aromatic N) is 2. The molecule has 0 heterocycles. The van der Waals surface area contributed by atoms with Crippen molar-refractivity contribution in [2.45, 2.75) is 40.8 Å². The Morgan fingerprint density at radius 2 is 1.66 bits per heavy atom. The summed E-state index contributed by atoms with van der Waals surface area (Å²) in [4.78, 5) is 18.7. The van der Waals surface area contributed by atoms with Crippen LogP contribution in [0.25, 0.3) is 0 Å². The summed E-state index contributed by atoms with van der Waals surface area (Å²) in [6, 6.07) is 12.8. The van der Waals surface area contributed by atoms with Crippen LogP contribution in [-0.4, -0.2) is 36.4 Å². The summed E-state index contributed by atoms with van der Waals surface area (Å²) in [7, 11) is 0. The van der Waals surface area contributed by atoms with Crippen LogP contribution in [0.2, 0.25) is 0 Å². The van der Waals surface area contributed by atoms with E-state index in [1.165, 1.54) is 6.07 Å². The van der Waals surface area contributed by atoms with Gasteiger partial charge in [0.1, 0.15) is 5.82 Å². The minimum atomic E-state index is -0.213. The van der Waals surface area contributed by atoms with Crippen LogP contribution in [0.3, 0.4) is 0 Å². The molecular formula is C23H31FN4O. The maximum atomic E-state index is 13.7. The molecule has 0 aliphatic rings. The third-order valence-electron chi connectivity index (χ3n) is 4.71. The van der Waals surface area contributed by atoms with E-state index in [0.29, 0.717) is 43.3 Å². The van der Waals surface area contributed by atoms with Crippen molar-refractivity contribution in [1.29, 1.82) is 0 Å². The maximum absolute atomic E-state index is 13.7. The molecule has 5 nitrogen and oxygen atoms in total. The van der Waals surface area contributed by atoms with Crippen LogP contribution in [0, 0.1) is 12.7 Å². The predicted molar refractivity (Wildman–Crippen MR) is 116 cm³/mol. The van der Waals surface area contributed by atoms with E-state index < -0.39 is 0 Å². The first-order valence-corrected chi connectivity index (χ1v) is 10.1. The van der Waals surface area contributed by atoms with Gasteiger partial charge in [-0.05, 0) is 62.6 Å². The van der Waals surface area contributed by atoms with Gasteiger partial charge in [-0.25, -0.2) is 9.38 Å². The van der Waals surface area contributed by atoms with Crippen LogP contribution >= 0.6 is 0 Å². The van der Waals surface area contributed by atoms with Gasteiger partial charge < -0.3 is 15.5 Å². The Hall–Kier alpha value is -2.89. The number of carbonyl (C=O) groups excluding carboxylic acids is 1. The molecule has 0 unspecified atom stereocenters. The monoisotopic (exact) mass is 398 g/mol. The Morgan fingerprint density at radius 3 is 2.24 bits per heavy atom. The normalized spacial score (nSPS) is 11.3. The van der Waals surface area contributed by atoms with E-state index in [0.717, 1.165) is 17.7 Å². The molecule has 2 aromatic carbocycles. The van der Waals surface area contributed by atoms with Crippen LogP contribution in [0.5, 0.6) is 0 Å². The number of nitrogens with one attached hydrogen (secondary N) is 2. The molecule has 0 atom stereocenters. The highest BCUT2D eigenvalue weighted by Gasteiger charge is 2.11. The van der Waals surface area contributed by atoms with Gasteiger partial charge in [0.25, 0.3) is 5.91 Å². The summed E-state index contributed by atoms with van der Waals surface area (Å²) in [5, 5.41) is 6.47. The first kappa shape index (κ1) is 22.4. The van der Waals surface area contributed by atoms with Crippen LogP contribution in [0.1, 0.15) is 47.8 Å². The molecule has 2 aromatic rings. The summed E-state index contributed by atoms with van der Waals surface area (Å²) in [6.45, 7) is 10.8. The fraction of sp³-hybridized carbons (Fsp3) is 0.391. The average molecular weight is 399 g/mol. The number of aliphatic imine (C=N–C) groups is 1. The zero-order valence-corrected chi connectivity index (χ0v) is 17.8. The van der Waals surface area contributed by atoms with Gasteiger partial charge in [0.15, 0.2) is 5.96 Å². The van der Waals surface area contributed by atoms with Gasteiger partial charge in [-0.1, -0.05) is 24.3 Å². The van der Waals surface area contributed by atoms with Gasteiger partial charge in [-0.15, -0.1) is 0 Å². The fourth-order valence-corrected chi connectivity index (χ4v) is 2.89. The van der Waals surface area contributed by atoms with Crippen LogP contribution in [0.4, 0.5) is 4.39 Å². The van der Waals surface area contributed by atoms with Gasteiger partial charge in [0.2, 0.25) is 0 Å². The number of aryl methyl sites for hydroxylation is 1. The first-order valence-electron chi connectivity index (χ1n) is 10.1. The maximum Gasteiger partial charge on any atom is 0.253 e. The lowest BCUT2D eigenvalue weighted by atomic mass is 10.1. The Kier molecular flexibility index (Phi) is 8.65. The van der Waals surface area contributed by atoms with Gasteiger partial charge in [-0.2, -0.15) is 0 Å². The molecule has 0 radical (unpaired) electrons. The van der Waals surface area contributed by atoms with Crippen molar-refractivity contribution in [3.8, 4) is 0 Å². The standard InChI is InChI=1S/C23H31FN4O/c1-5-25-23(27-16-19-9-8-17(4)21(24)14-19)26-15-18-10-12-20(13-11-18)22(29)28(6-2)7-3/h8-14H,5-7,15-16H2,1-4H3,(H2,25,26,27). The van der Waals surface area contributed by atoms with Crippen LogP contribution in [-0.2, 0) is 13.1 Å². The lowest BCUT2D eigenvalue weighted by molar-refractivity contribution is 0.0773. The van der Waals surface area contributed by atoms with E-state index in [1.54, 1.807) is 17.9 Å². The van der Waals surface area contributed by atoms with Crippen molar-refractivity contribution < 1.29 is 9.18 Å². The smallest absolute Gasteiger partial charge is 0.253 e. The first-order chi connectivity index (χ1) is 14.0. The van der Waals surface area contributed by atoms with Crippen molar-refractivity contribution >= 4 is 11.9 Å². The number of hydrogen-bond donors (Lipinski definition) is 2. The van der Waals surface area contributed by atoms with Gasteiger partial charge in [0.05, 0.1) is 6.54 Å². The third-order valence-corrected chi connectivity index (χ3v) is 4.71. The topological polar surface area (TPSA) is 56.7 Å². The highest BCUT2D eigenvalue weighted by atomic mass is 19.1. The van der Waals surface area contributed by atoms with Crippen molar-refractivity contribution in [1.82, 2.24) is 15.5 Å². The molecule has 2 N–H and O–H groups in total. The highest BCUT2D eigenvalue weighted by Crippen LogP contribution is 2.10. The van der Waals surface area contributed by atoms with Crippen LogP contribution < -0.4 is 10.6 Å². The summed E-state index contributed by atoms with van der Waals surface area (Å²) in [6.07, 6.45) is 0. The lowest BCUT2D eigenvalue weighted by Gasteiger charge is -2.18. The second-order valence-corrected chi connectivity index (χ2v) is 6.81. The van der Waals surface area contributed by atoms with E-state index >= 15 is 0 Å². The molecular weight excluding hydrogens is 367 g/mol. The third kappa shape index (κ3) is 6.59. The minimum Gasteiger partial charge on any atom is -0.357 e. The molecule has 0 bridgehead atoms. The molecule has 0 aliphatic heterocycles. The quantitative estimate of drug-likeness (QED) is 0.524. The number of benzene rings is 2. The Labute approximate surface area is 173 Å². The molecule has 156 valence electrons. The SMILES string of the molecule is CCNC(=NCc1ccc(C)c(F)c1)NCc1ccc(C(=O)N(CC)CC)cc1. The van der Waals surface area contributed by atoms with Crippen molar-refractivity contribution in [2.24, 2.45) is 4.99 Å². The lowest BCUT2D eigenvalue weighted by Crippen LogP contribution is -2.36. The van der Waals surface area contributed by atoms with Crippen molar-refractivity contribution in [3.63, 3.8) is 0 Å². The number of amides is 1. The number of hydrogen-bond acceptors (Lipinski definition) is 2. The number of guanidine groups is 1. The zero-order chi connectivity index (χ0) is 21.2. The molecule has 2 rings (SSSR count). The molecule has 6 heteroatoms. The summed E-state index contributed by atoms with van der Waals surface area (Å²) in [5.74, 6) is 0.501. The zero-order valence-electron chi connectivity index (χ0n) is 17.8. The van der Waals surface area contributed by atoms with E-state index in [9.17, 15) is 9.18 Å². The average Bonchev–Trinajstić information content (AvgIpc) is 2.73. The Bertz CT molecular complexity index is 829. The fourth-order valence-electron chi connectivity index (χ4n) is 2.89. The van der Waals surface area contributed by atoms with Crippen LogP contribution in [0.15, 0.2) is 47.5 Å². The van der Waals surface area contributed by atoms with E-state index in [2.05, 4.69) is 15.6 Å². The van der Waals surface area contributed by atoms with Gasteiger partial charge in [-0.3, -0.25) is 4.79 Å². The molecule has 0 aliphatic carbocycles. The van der Waals surface area contributed by atoms with Crippen molar-refractivity contribution in [3.05, 3.63) is 70.5 Å². The van der Waals surface area contributed by atoms with E-state index in [4.69, 9.17) is 0 Å². The molecule has 29 heavy (non-hydrogen) atoms. The highest BCUT2D eigenvalue weighted by molar-refractivity contribution is 5.94. The number of carbonyl (C=O) groups is 1. The van der Waals surface area contributed by atoms with E-state index in [-0.39, 0.29) is 11.7 Å². The summed E-state index contributed by atoms with van der Waals surface area (Å²) >= 11 is 0. The molecule has 1 amide bonds. The Balaban J connectivity index is 1.98. The molecule has 0 aromatic heterocycles. The molecule has 0 spiro atoms. The number of rotatable bonds is 8. The minimum absolute atomic E-state index is 0.0507. The molecule has 0 saturated carbocycles. The van der Waals surface area contributed by atoms with E-state index in [1.807, 2.05) is 51.1 Å².